The van der Waals surface area contributed by atoms with Crippen molar-refractivity contribution in [3.63, 3.8) is 0 Å². The van der Waals surface area contributed by atoms with Gasteiger partial charge in [0.25, 0.3) is 0 Å². The van der Waals surface area contributed by atoms with Gasteiger partial charge in [-0.3, -0.25) is 0 Å². The fourth-order valence-corrected chi connectivity index (χ4v) is 0. The minimum atomic E-state index is -1.11. The predicted molar refractivity (Wildman–Crippen MR) is 109 cm³/mol. The second-order valence-corrected chi connectivity index (χ2v) is 1.24. The van der Waals surface area contributed by atoms with Gasteiger partial charge in [0.2, 0.25) is 0 Å². The van der Waals surface area contributed by atoms with Crippen LogP contribution in [0.5, 0.6) is 0 Å². The zero-order valence-corrected chi connectivity index (χ0v) is 42.2. The summed E-state index contributed by atoms with van der Waals surface area (Å²) in [4.78, 5) is 18.4. The Kier molecular flexibility index (Phi) is 46000. The Morgan fingerprint density at radius 3 is 0.298 bits per heavy atom. The van der Waals surface area contributed by atoms with E-state index in [2.05, 4.69) is 11.5 Å². The molecule has 57 heavy (non-hydrogen) atoms. The molecule has 0 unspecified atom stereocenters. The third kappa shape index (κ3) is 3650. The fourth-order valence-electron chi connectivity index (χ4n) is 0. The van der Waals surface area contributed by atoms with Gasteiger partial charge in [-0.2, -0.15) is 0 Å². The van der Waals surface area contributed by atoms with E-state index in [1.807, 2.05) is 0 Å². The van der Waals surface area contributed by atoms with Gasteiger partial charge in [-0.25, -0.2) is 0 Å². The smallest absolute Gasteiger partial charge is 2.00 e. The summed E-state index contributed by atoms with van der Waals surface area (Å²) < 4.78 is 0. The normalized spacial score (nSPS) is 1.30. The molecule has 0 heterocycles. The summed E-state index contributed by atoms with van der Waals surface area (Å²) in [6, 6.07) is 0. The molecule has 0 amide bonds. The van der Waals surface area contributed by atoms with Gasteiger partial charge in [-0.15, -0.1) is 0 Å². The van der Waals surface area contributed by atoms with Crippen molar-refractivity contribution in [1.82, 2.24) is 0 Å². The first-order valence-electron chi connectivity index (χ1n) is 2.52. The summed E-state index contributed by atoms with van der Waals surface area (Å²) in [5.41, 5.74) is 6.05. The summed E-state index contributed by atoms with van der Waals surface area (Å²) in [5, 5.41) is 18.4. The van der Waals surface area contributed by atoms with Crippen LogP contribution in [0.25, 0.3) is 0 Å². The van der Waals surface area contributed by atoms with Gasteiger partial charge in [-0.05, 0) is 0 Å². The first kappa shape index (κ1) is 1660. The molecular formula is C4H46AlMo6N2O43Sm-36. The number of hydrogen-bond acceptors (Lipinski definition) is 10. The number of aliphatic carboxylic acids is 2. The molecule has 53 heteroatoms. The van der Waals surface area contributed by atoms with Crippen LogP contribution < -0.4 is 21.7 Å². The third-order valence-corrected chi connectivity index (χ3v) is 0.408. The van der Waals surface area contributed by atoms with E-state index in [4.69, 9.17) is 0 Å². The van der Waals surface area contributed by atoms with Crippen LogP contribution in [0.3, 0.4) is 0 Å². The Bertz CT molecular complexity index is 158. The van der Waals surface area contributed by atoms with Gasteiger partial charge >= 0.3 is 57.7 Å². The van der Waals surface area contributed by atoms with Crippen molar-refractivity contribution in [1.29, 1.82) is 0 Å². The van der Waals surface area contributed by atoms with Crippen LogP contribution in [-0.4, -0.2) is 157 Å². The maximum Gasteiger partial charge on any atom is 3.00 e. The third-order valence-electron chi connectivity index (χ3n) is 0.408. The van der Waals surface area contributed by atoms with E-state index in [1.54, 1.807) is 0 Å². The van der Waals surface area contributed by atoms with Gasteiger partial charge in [0.15, 0.2) is 0 Å². The summed E-state index contributed by atoms with van der Waals surface area (Å²) in [6.45, 7) is -0.278. The Morgan fingerprint density at radius 1 is 0.281 bits per heavy atom. The van der Waals surface area contributed by atoms with Gasteiger partial charge in [0.05, 0.1) is 11.9 Å². The topological polar surface area (TPSA) is 1300 Å². The van der Waals surface area contributed by atoms with Crippen LogP contribution >= 0.6 is 0 Å². The van der Waals surface area contributed by atoms with Crippen LogP contribution in [0.1, 0.15) is 0 Å². The van der Waals surface area contributed by atoms with E-state index in [1.165, 1.54) is 0 Å². The van der Waals surface area contributed by atoms with E-state index in [9.17, 15) is 19.8 Å². The fraction of sp³-hybridized carbons (Fsp3) is 0.500. The Morgan fingerprint density at radius 2 is 0.298 bits per heavy atom. The monoisotopic (exact) mass is 1580 g/mol. The van der Waals surface area contributed by atoms with Crippen molar-refractivity contribution in [2.45, 2.75) is 0 Å². The molecule has 0 aliphatic heterocycles. The molecule has 0 rings (SSSR count). The second-order valence-electron chi connectivity index (χ2n) is 1.24. The molecule has 0 bridgehead atoms. The molecule has 411 valence electrons. The molecule has 0 fully saturated rings. The van der Waals surface area contributed by atoms with E-state index in [-0.39, 0.29) is 411 Å². The van der Waals surface area contributed by atoms with E-state index >= 15 is 0 Å². The minimum absolute atomic E-state index is 0. The number of carbonyl (C=O) groups is 2. The van der Waals surface area contributed by atoms with Crippen LogP contribution in [0.15, 0.2) is 0 Å². The first-order chi connectivity index (χ1) is 4.54. The van der Waals surface area contributed by atoms with Crippen molar-refractivity contribution in [2.75, 3.05) is 13.1 Å². The van der Waals surface area contributed by atoms with E-state index in [0.717, 1.165) is 0 Å². The summed E-state index contributed by atoms with van der Waals surface area (Å²) in [5.74, 6) is -2.21. The molecule has 0 aromatic rings. The van der Waals surface area contributed by atoms with Crippen molar-refractivity contribution in [3.05, 3.63) is 0 Å². The molecular weight excluding hydrogens is 1520 g/mol. The summed E-state index contributed by atoms with van der Waals surface area (Å²) in [7, 11) is 0. The van der Waals surface area contributed by atoms with Crippen molar-refractivity contribution in [3.8, 4) is 0 Å². The van der Waals surface area contributed by atoms with Gasteiger partial charge in [0, 0.05) is 126 Å². The number of carbonyl (C=O) groups excluding carboxylic acids is 2. The number of hydrogen-bond donors (Lipinski definition) is 2. The quantitative estimate of drug-likeness (QED) is 0.246. The van der Waals surface area contributed by atoms with Crippen LogP contribution in [0.4, 0.5) is 0 Å². The largest absolute Gasteiger partial charge is 3.00 e. The number of carboxylic acid groups (broad SMARTS) is 2. The molecule has 0 saturated heterocycles. The summed E-state index contributed by atoms with van der Waals surface area (Å²) in [6.07, 6.45) is 0. The number of carboxylic acids is 2. The zero-order chi connectivity index (χ0) is 8.57. The molecule has 42 N–H and O–H groups in total. The average Bonchev–Trinajstić information content (AvgIpc) is 1.89. The standard InChI is InChI=1S/2C2H5NO2.Al.6Mo.21H2O.18O.Sm/c2*3-1-2(4)5;;;;;;;;;;;;;;;;;;;;;;;;;;;;;;;;;;;;;;;;;;;;;;;/h2*1,3H2,(H,4,5);;;;;;;;21*1H2;;;;;;;;;;;;;;;;;;;/q;;+3;;;;;;;;;;;;;;;;;;;;;;;;;;;;18*-2;+3/p-6. The molecule has 1 radical (unpaired) electrons. The van der Waals surface area contributed by atoms with Crippen LogP contribution in [0.2, 0.25) is 0 Å². The molecule has 0 saturated carbocycles. The first-order valence-corrected chi connectivity index (χ1v) is 2.52. The Balaban J connectivity index is -0.000000000262. The van der Waals surface area contributed by atoms with Crippen LogP contribution in [-0.2, 0) is 235 Å². The number of rotatable bonds is 2. The molecule has 45 nitrogen and oxygen atoms in total. The zero-order valence-electron chi connectivity index (χ0n) is 26.4. The van der Waals surface area contributed by atoms with E-state index in [0.29, 0.717) is 0 Å². The average molecular weight is 1560 g/mol. The molecule has 0 atom stereocenters. The predicted octanol–water partition coefficient (Wildman–Crippen LogP) is -22.0. The van der Waals surface area contributed by atoms with E-state index < -0.39 is 11.9 Å². The minimum Gasteiger partial charge on any atom is -2.00 e. The Hall–Kier alpha value is 3.30. The SMILES string of the molecule is O.O.O.O.O.O.O.O.O.O.O.O.O.O.O.[Al+3].[Mo].[Mo].[Mo].[Mo].[Mo].[Mo].[NH3+]CC(=O)[O-].[NH3+]CC(=O)[O-].[O-2].[O-2].[O-2].[O-2].[O-2].[O-2].[O-2].[O-2].[O-2].[O-2].[O-2].[O-2].[O-2].[O-2].[O-2].[O-2].[O-2].[O-2].[OH-].[OH-].[OH-].[OH-].[OH-].[OH-].[Sm+3]. The van der Waals surface area contributed by atoms with Gasteiger partial charge in [-0.1, -0.05) is 0 Å². The molecule has 0 aromatic carbocycles. The summed E-state index contributed by atoms with van der Waals surface area (Å²) >= 11 is 0. The number of quaternary nitrogens is 2. The van der Waals surface area contributed by atoms with Crippen molar-refractivity contribution < 1.29 is 412 Å². The van der Waals surface area contributed by atoms with Gasteiger partial charge < -0.3 is 245 Å². The maximum absolute atomic E-state index is 9.19. The maximum atomic E-state index is 9.19. The molecule has 0 aromatic heterocycles. The van der Waals surface area contributed by atoms with Crippen molar-refractivity contribution >= 4 is 29.3 Å². The molecule has 0 aliphatic carbocycles. The molecule has 0 spiro atoms. The van der Waals surface area contributed by atoms with Crippen molar-refractivity contribution in [2.24, 2.45) is 0 Å². The van der Waals surface area contributed by atoms with Crippen LogP contribution in [0, 0.1) is 40.4 Å². The Labute approximate surface area is 449 Å². The molecule has 0 aliphatic rings. The second kappa shape index (κ2) is 1580. The van der Waals surface area contributed by atoms with Gasteiger partial charge in [0.1, 0.15) is 13.1 Å².